The summed E-state index contributed by atoms with van der Waals surface area (Å²) >= 11 is 0. The zero-order valence-corrected chi connectivity index (χ0v) is 17.4. The van der Waals surface area contributed by atoms with Crippen molar-refractivity contribution in [3.8, 4) is 0 Å². The Hall–Kier alpha value is -1.55. The number of ether oxygens (including phenoxy) is 2. The molecule has 2 atom stereocenters. The van der Waals surface area contributed by atoms with Crippen LogP contribution in [0.1, 0.15) is 64.4 Å². The molecule has 0 spiro atoms. The molecule has 1 amide bonds. The van der Waals surface area contributed by atoms with Crippen LogP contribution in [0, 0.1) is 11.3 Å². The van der Waals surface area contributed by atoms with Crippen molar-refractivity contribution < 1.29 is 14.3 Å². The summed E-state index contributed by atoms with van der Waals surface area (Å²) in [5, 5.41) is 0. The van der Waals surface area contributed by atoms with E-state index in [1.807, 2.05) is 25.7 Å². The molecule has 3 rings (SSSR count). The smallest absolute Gasteiger partial charge is 0.410 e. The molecular weight excluding hydrogens is 338 g/mol. The van der Waals surface area contributed by atoms with Crippen molar-refractivity contribution in [2.75, 3.05) is 26.8 Å². The van der Waals surface area contributed by atoms with Crippen LogP contribution in [0.3, 0.4) is 0 Å². The van der Waals surface area contributed by atoms with E-state index in [4.69, 9.17) is 9.47 Å². The average Bonchev–Trinajstić information content (AvgIpc) is 3.40. The summed E-state index contributed by atoms with van der Waals surface area (Å²) in [6.45, 7) is 8.09. The Morgan fingerprint density at radius 2 is 1.85 bits per heavy atom. The van der Waals surface area contributed by atoms with Crippen molar-refractivity contribution in [2.24, 2.45) is 11.3 Å². The number of hydrogen-bond acceptors (Lipinski definition) is 3. The molecule has 4 nitrogen and oxygen atoms in total. The van der Waals surface area contributed by atoms with E-state index in [-0.39, 0.29) is 11.5 Å². The molecule has 1 heterocycles. The highest BCUT2D eigenvalue weighted by atomic mass is 16.6. The van der Waals surface area contributed by atoms with E-state index >= 15 is 0 Å². The molecule has 150 valence electrons. The fourth-order valence-electron chi connectivity index (χ4n) is 4.43. The predicted molar refractivity (Wildman–Crippen MR) is 108 cm³/mol. The summed E-state index contributed by atoms with van der Waals surface area (Å²) in [7, 11) is 1.80. The first kappa shape index (κ1) is 20.2. The second kappa shape index (κ2) is 8.22. The number of rotatable bonds is 6. The first-order chi connectivity index (χ1) is 12.8. The van der Waals surface area contributed by atoms with Gasteiger partial charge >= 0.3 is 6.09 Å². The van der Waals surface area contributed by atoms with Gasteiger partial charge in [0.2, 0.25) is 0 Å². The van der Waals surface area contributed by atoms with Gasteiger partial charge in [0, 0.05) is 20.2 Å². The first-order valence-corrected chi connectivity index (χ1v) is 10.3. The first-order valence-electron chi connectivity index (χ1n) is 10.3. The van der Waals surface area contributed by atoms with Crippen LogP contribution in [0.2, 0.25) is 0 Å². The predicted octanol–water partition coefficient (Wildman–Crippen LogP) is 5.23. The fourth-order valence-corrected chi connectivity index (χ4v) is 4.43. The van der Waals surface area contributed by atoms with Gasteiger partial charge in [-0.15, -0.1) is 0 Å². The molecule has 1 aromatic rings. The lowest BCUT2D eigenvalue weighted by atomic mass is 9.75. The Kier molecular flexibility index (Phi) is 6.15. The Labute approximate surface area is 164 Å². The number of amides is 1. The van der Waals surface area contributed by atoms with Crippen LogP contribution in [0.15, 0.2) is 30.3 Å². The standard InChI is InChI=1S/C23H35NO3/c1-22(2,3)27-21(25)24-14-12-23(13-15-24,17-26-4)11-10-19-16-20(19)18-8-6-5-7-9-18/h5-9,19-20H,10-17H2,1-4H3/t19-,20?/m1/s1. The van der Waals surface area contributed by atoms with Gasteiger partial charge in [0.25, 0.3) is 0 Å². The Morgan fingerprint density at radius 1 is 1.19 bits per heavy atom. The van der Waals surface area contributed by atoms with Crippen LogP contribution >= 0.6 is 0 Å². The third-order valence-corrected chi connectivity index (χ3v) is 6.12. The minimum Gasteiger partial charge on any atom is -0.444 e. The molecule has 4 heteroatoms. The van der Waals surface area contributed by atoms with Gasteiger partial charge in [0.15, 0.2) is 0 Å². The second-order valence-electron chi connectivity index (χ2n) is 9.45. The Balaban J connectivity index is 1.50. The van der Waals surface area contributed by atoms with Crippen LogP contribution in [-0.4, -0.2) is 43.4 Å². The number of hydrogen-bond donors (Lipinski definition) is 0. The molecule has 1 saturated heterocycles. The van der Waals surface area contributed by atoms with Gasteiger partial charge in [0.1, 0.15) is 5.60 Å². The van der Waals surface area contributed by atoms with Crippen molar-refractivity contribution in [2.45, 2.75) is 64.4 Å². The van der Waals surface area contributed by atoms with Crippen LogP contribution in [0.4, 0.5) is 4.79 Å². The van der Waals surface area contributed by atoms with Crippen molar-refractivity contribution in [1.29, 1.82) is 0 Å². The molecule has 0 radical (unpaired) electrons. The van der Waals surface area contributed by atoms with E-state index in [0.717, 1.165) is 44.4 Å². The summed E-state index contributed by atoms with van der Waals surface area (Å²) in [5.74, 6) is 1.55. The number of carbonyl (C=O) groups excluding carboxylic acids is 1. The van der Waals surface area contributed by atoms with Crippen LogP contribution in [0.25, 0.3) is 0 Å². The van der Waals surface area contributed by atoms with Gasteiger partial charge in [-0.25, -0.2) is 4.79 Å². The number of carbonyl (C=O) groups is 1. The fraction of sp³-hybridized carbons (Fsp3) is 0.696. The molecule has 1 unspecified atom stereocenters. The monoisotopic (exact) mass is 373 g/mol. The zero-order chi connectivity index (χ0) is 19.5. The van der Waals surface area contributed by atoms with E-state index in [1.165, 1.54) is 24.8 Å². The molecule has 1 aliphatic carbocycles. The molecule has 1 aromatic carbocycles. The molecular formula is C23H35NO3. The number of nitrogens with zero attached hydrogens (tertiary/aromatic N) is 1. The van der Waals surface area contributed by atoms with Gasteiger partial charge in [-0.3, -0.25) is 0 Å². The molecule has 1 saturated carbocycles. The highest BCUT2D eigenvalue weighted by Gasteiger charge is 2.42. The molecule has 0 aromatic heterocycles. The topological polar surface area (TPSA) is 38.8 Å². The largest absolute Gasteiger partial charge is 0.444 e. The van der Waals surface area contributed by atoms with Gasteiger partial charge in [-0.05, 0) is 75.7 Å². The number of benzene rings is 1. The molecule has 2 aliphatic rings. The Bertz CT molecular complexity index is 614. The maximum absolute atomic E-state index is 12.3. The van der Waals surface area contributed by atoms with Crippen molar-refractivity contribution in [3.05, 3.63) is 35.9 Å². The van der Waals surface area contributed by atoms with E-state index in [0.29, 0.717) is 0 Å². The van der Waals surface area contributed by atoms with Gasteiger partial charge in [-0.1, -0.05) is 30.3 Å². The lowest BCUT2D eigenvalue weighted by molar-refractivity contribution is -0.0107. The number of piperidine rings is 1. The van der Waals surface area contributed by atoms with E-state index in [9.17, 15) is 4.79 Å². The maximum atomic E-state index is 12.3. The number of methoxy groups -OCH3 is 1. The lowest BCUT2D eigenvalue weighted by Gasteiger charge is -2.42. The SMILES string of the molecule is COCC1(CC[C@@H]2CC2c2ccccc2)CCN(C(=O)OC(C)(C)C)CC1. The van der Waals surface area contributed by atoms with Gasteiger partial charge in [0.05, 0.1) is 6.61 Å². The summed E-state index contributed by atoms with van der Waals surface area (Å²) in [5.41, 5.74) is 1.26. The highest BCUT2D eigenvalue weighted by Crippen LogP contribution is 2.52. The van der Waals surface area contributed by atoms with Crippen molar-refractivity contribution >= 4 is 6.09 Å². The molecule has 27 heavy (non-hydrogen) atoms. The lowest BCUT2D eigenvalue weighted by Crippen LogP contribution is -2.46. The quantitative estimate of drug-likeness (QED) is 0.685. The molecule has 0 bridgehead atoms. The summed E-state index contributed by atoms with van der Waals surface area (Å²) in [4.78, 5) is 14.2. The number of likely N-dealkylation sites (tertiary alicyclic amines) is 1. The summed E-state index contributed by atoms with van der Waals surface area (Å²) in [6, 6.07) is 10.9. The molecule has 2 fully saturated rings. The minimum absolute atomic E-state index is 0.181. The summed E-state index contributed by atoms with van der Waals surface area (Å²) in [6.07, 6.45) is 5.59. The van der Waals surface area contributed by atoms with Crippen LogP contribution < -0.4 is 0 Å². The zero-order valence-electron chi connectivity index (χ0n) is 17.4. The van der Waals surface area contributed by atoms with Crippen LogP contribution in [0.5, 0.6) is 0 Å². The second-order valence-corrected chi connectivity index (χ2v) is 9.45. The van der Waals surface area contributed by atoms with E-state index in [2.05, 4.69) is 30.3 Å². The van der Waals surface area contributed by atoms with Crippen LogP contribution in [-0.2, 0) is 9.47 Å². The average molecular weight is 374 g/mol. The minimum atomic E-state index is -0.434. The summed E-state index contributed by atoms with van der Waals surface area (Å²) < 4.78 is 11.1. The van der Waals surface area contributed by atoms with E-state index in [1.54, 1.807) is 7.11 Å². The van der Waals surface area contributed by atoms with Gasteiger partial charge in [-0.2, -0.15) is 0 Å². The van der Waals surface area contributed by atoms with Crippen molar-refractivity contribution in [3.63, 3.8) is 0 Å². The molecule has 1 aliphatic heterocycles. The van der Waals surface area contributed by atoms with Crippen molar-refractivity contribution in [1.82, 2.24) is 4.90 Å². The normalized spacial score (nSPS) is 24.5. The Morgan fingerprint density at radius 3 is 2.44 bits per heavy atom. The van der Waals surface area contributed by atoms with Gasteiger partial charge < -0.3 is 14.4 Å². The third-order valence-electron chi connectivity index (χ3n) is 6.12. The third kappa shape index (κ3) is 5.47. The maximum Gasteiger partial charge on any atom is 0.410 e. The van der Waals surface area contributed by atoms with E-state index < -0.39 is 5.60 Å². The molecule has 0 N–H and O–H groups in total. The highest BCUT2D eigenvalue weighted by molar-refractivity contribution is 5.68.